The normalized spacial score (nSPS) is 11.1. The second kappa shape index (κ2) is 7.62. The van der Waals surface area contributed by atoms with Gasteiger partial charge >= 0.3 is 12.0 Å². The molecule has 0 spiro atoms. The molecule has 0 aliphatic rings. The molecule has 0 bridgehead atoms. The van der Waals surface area contributed by atoms with E-state index in [0.717, 1.165) is 15.7 Å². The molecule has 0 aliphatic heterocycles. The summed E-state index contributed by atoms with van der Waals surface area (Å²) in [6.45, 7) is 0. The molecule has 1 aromatic heterocycles. The van der Waals surface area contributed by atoms with Crippen molar-refractivity contribution in [3.05, 3.63) is 54.4 Å². The molecule has 132 valence electrons. The summed E-state index contributed by atoms with van der Waals surface area (Å²) in [6.07, 6.45) is 2.55. The Hall–Kier alpha value is -2.45. The number of pyridine rings is 1. The van der Waals surface area contributed by atoms with Gasteiger partial charge in [0.15, 0.2) is 9.84 Å². The molecule has 1 aromatic carbocycles. The zero-order valence-corrected chi connectivity index (χ0v) is 14.9. The number of amides is 1. The molecule has 0 aliphatic carbocycles. The minimum absolute atomic E-state index is 0.0125. The maximum atomic E-state index is 12.6. The lowest BCUT2D eigenvalue weighted by atomic mass is 10.3. The van der Waals surface area contributed by atoms with Crippen LogP contribution >= 0.6 is 11.6 Å². The number of para-hydroxylation sites is 1. The van der Waals surface area contributed by atoms with Crippen molar-refractivity contribution < 1.29 is 27.7 Å². The van der Waals surface area contributed by atoms with Crippen molar-refractivity contribution >= 4 is 39.1 Å². The van der Waals surface area contributed by atoms with Gasteiger partial charge in [-0.15, -0.1) is 11.6 Å². The minimum Gasteiger partial charge on any atom is -0.478 e. The van der Waals surface area contributed by atoms with Crippen LogP contribution in [0.2, 0.25) is 0 Å². The molecule has 1 N–H and O–H groups in total. The SMILES string of the molecule is CN(C(=O)[n+]1cccc(C(=O)O)c1)c1ccccc1S(=O)(=O)CCCl. The minimum atomic E-state index is -3.65. The number of carbonyl (C=O) groups excluding carboxylic acids is 1. The van der Waals surface area contributed by atoms with Crippen molar-refractivity contribution in [1.29, 1.82) is 0 Å². The molecular formula is C16H16ClN2O5S+. The van der Waals surface area contributed by atoms with Crippen LogP contribution in [0.3, 0.4) is 0 Å². The van der Waals surface area contributed by atoms with Crippen LogP contribution in [0.1, 0.15) is 10.4 Å². The second-order valence-corrected chi connectivity index (χ2v) is 7.58. The van der Waals surface area contributed by atoms with Gasteiger partial charge in [-0.2, -0.15) is 14.3 Å². The fraction of sp³-hybridized carbons (Fsp3) is 0.188. The van der Waals surface area contributed by atoms with Crippen LogP contribution in [0, 0.1) is 0 Å². The summed E-state index contributed by atoms with van der Waals surface area (Å²) in [4.78, 5) is 24.8. The topological polar surface area (TPSA) is 95.6 Å². The molecule has 1 amide bonds. The van der Waals surface area contributed by atoms with E-state index in [2.05, 4.69) is 0 Å². The van der Waals surface area contributed by atoms with E-state index in [0.29, 0.717) is 0 Å². The second-order valence-electron chi connectivity index (χ2n) is 5.12. The summed E-state index contributed by atoms with van der Waals surface area (Å²) >= 11 is 5.55. The number of aromatic carboxylic acids is 1. The van der Waals surface area contributed by atoms with Gasteiger partial charge in [-0.3, -0.25) is 0 Å². The highest BCUT2D eigenvalue weighted by atomic mass is 35.5. The Morgan fingerprint density at radius 3 is 2.52 bits per heavy atom. The Labute approximate surface area is 150 Å². The number of carboxylic acid groups (broad SMARTS) is 1. The lowest BCUT2D eigenvalue weighted by Gasteiger charge is -2.14. The van der Waals surface area contributed by atoms with Gasteiger partial charge in [0.1, 0.15) is 16.8 Å². The van der Waals surface area contributed by atoms with E-state index in [9.17, 15) is 18.0 Å². The van der Waals surface area contributed by atoms with E-state index in [1.165, 1.54) is 37.5 Å². The fourth-order valence-corrected chi connectivity index (χ4v) is 4.05. The first-order valence-corrected chi connectivity index (χ1v) is 9.37. The Morgan fingerprint density at radius 2 is 1.88 bits per heavy atom. The lowest BCUT2D eigenvalue weighted by molar-refractivity contribution is -0.569. The third kappa shape index (κ3) is 4.15. The van der Waals surface area contributed by atoms with Crippen molar-refractivity contribution in [3.8, 4) is 0 Å². The Balaban J connectivity index is 2.45. The van der Waals surface area contributed by atoms with Gasteiger partial charge < -0.3 is 5.11 Å². The first kappa shape index (κ1) is 18.9. The van der Waals surface area contributed by atoms with Crippen LogP contribution in [0.15, 0.2) is 53.7 Å². The molecule has 9 heteroatoms. The highest BCUT2D eigenvalue weighted by Crippen LogP contribution is 2.25. The number of anilines is 1. The zero-order valence-electron chi connectivity index (χ0n) is 13.3. The Bertz CT molecular complexity index is 914. The summed E-state index contributed by atoms with van der Waals surface area (Å²) in [5.74, 6) is -1.49. The molecule has 0 radical (unpaired) electrons. The average molecular weight is 384 g/mol. The highest BCUT2D eigenvalue weighted by Gasteiger charge is 2.29. The summed E-state index contributed by atoms with van der Waals surface area (Å²) in [7, 11) is -2.24. The predicted octanol–water partition coefficient (Wildman–Crippen LogP) is 1.79. The smallest absolute Gasteiger partial charge is 0.478 e. The Morgan fingerprint density at radius 1 is 1.20 bits per heavy atom. The third-order valence-electron chi connectivity index (χ3n) is 3.46. The summed E-state index contributed by atoms with van der Waals surface area (Å²) in [5, 5.41) is 9.03. The highest BCUT2D eigenvalue weighted by molar-refractivity contribution is 7.91. The molecular weight excluding hydrogens is 368 g/mol. The number of carboxylic acids is 1. The van der Waals surface area contributed by atoms with E-state index in [-0.39, 0.29) is 27.8 Å². The van der Waals surface area contributed by atoms with Crippen molar-refractivity contribution in [2.45, 2.75) is 4.90 Å². The monoisotopic (exact) mass is 383 g/mol. The zero-order chi connectivity index (χ0) is 18.6. The molecule has 2 rings (SSSR count). The number of aromatic nitrogens is 1. The largest absolute Gasteiger partial charge is 0.502 e. The van der Waals surface area contributed by atoms with Gasteiger partial charge in [-0.05, 0) is 24.3 Å². The number of hydrogen-bond acceptors (Lipinski definition) is 4. The van der Waals surface area contributed by atoms with Crippen molar-refractivity contribution in [2.75, 3.05) is 23.6 Å². The van der Waals surface area contributed by atoms with Crippen LogP contribution in [0.5, 0.6) is 0 Å². The van der Waals surface area contributed by atoms with Crippen LogP contribution in [0.25, 0.3) is 0 Å². The van der Waals surface area contributed by atoms with Crippen LogP contribution < -0.4 is 9.47 Å². The molecule has 2 aromatic rings. The van der Waals surface area contributed by atoms with Crippen molar-refractivity contribution in [1.82, 2.24) is 0 Å². The van der Waals surface area contributed by atoms with Crippen molar-refractivity contribution in [2.24, 2.45) is 0 Å². The Kier molecular flexibility index (Phi) is 5.76. The number of carbonyl (C=O) groups is 2. The first-order chi connectivity index (χ1) is 11.8. The number of hydrogen-bond donors (Lipinski definition) is 1. The van der Waals surface area contributed by atoms with Gasteiger partial charge in [0.25, 0.3) is 0 Å². The van der Waals surface area contributed by atoms with E-state index < -0.39 is 21.8 Å². The number of nitrogens with zero attached hydrogens (tertiary/aromatic N) is 2. The maximum Gasteiger partial charge on any atom is 0.502 e. The molecule has 1 heterocycles. The van der Waals surface area contributed by atoms with E-state index >= 15 is 0 Å². The average Bonchev–Trinajstić information content (AvgIpc) is 2.60. The summed E-state index contributed by atoms with van der Waals surface area (Å²) < 4.78 is 25.8. The van der Waals surface area contributed by atoms with Crippen LogP contribution in [-0.4, -0.2) is 44.2 Å². The molecule has 0 saturated carbocycles. The van der Waals surface area contributed by atoms with Crippen LogP contribution in [-0.2, 0) is 9.84 Å². The van der Waals surface area contributed by atoms with Gasteiger partial charge in [-0.1, -0.05) is 12.1 Å². The third-order valence-corrected chi connectivity index (χ3v) is 5.63. The molecule has 0 atom stereocenters. The van der Waals surface area contributed by atoms with Gasteiger partial charge in [-0.25, -0.2) is 13.2 Å². The molecule has 0 fully saturated rings. The van der Waals surface area contributed by atoms with Gasteiger partial charge in [0.05, 0.1) is 24.6 Å². The standard InChI is InChI=1S/C16H15ClN2O5S/c1-18(16(22)19-9-4-5-12(11-19)15(20)21)13-6-2-3-7-14(13)25(23,24)10-8-17/h2-7,9,11H,8,10H2,1H3/p+1. The quantitative estimate of drug-likeness (QED) is 0.627. The van der Waals surface area contributed by atoms with E-state index in [1.54, 1.807) is 12.1 Å². The van der Waals surface area contributed by atoms with E-state index in [4.69, 9.17) is 16.7 Å². The van der Waals surface area contributed by atoms with Crippen LogP contribution in [0.4, 0.5) is 10.5 Å². The molecule has 25 heavy (non-hydrogen) atoms. The number of sulfone groups is 1. The number of alkyl halides is 1. The summed E-state index contributed by atoms with van der Waals surface area (Å²) in [6, 6.07) is 8.24. The molecule has 0 saturated heterocycles. The number of benzene rings is 1. The first-order valence-electron chi connectivity index (χ1n) is 7.18. The summed E-state index contributed by atoms with van der Waals surface area (Å²) in [5.41, 5.74) is 0.123. The van der Waals surface area contributed by atoms with Gasteiger partial charge in [0, 0.05) is 5.88 Å². The predicted molar refractivity (Wildman–Crippen MR) is 92.0 cm³/mol. The molecule has 7 nitrogen and oxygen atoms in total. The fourth-order valence-electron chi connectivity index (χ4n) is 2.21. The number of halogens is 1. The van der Waals surface area contributed by atoms with Gasteiger partial charge in [0.2, 0.25) is 0 Å². The molecule has 0 unspecified atom stereocenters. The lowest BCUT2D eigenvalue weighted by Crippen LogP contribution is -2.51. The van der Waals surface area contributed by atoms with E-state index in [1.807, 2.05) is 0 Å². The maximum absolute atomic E-state index is 12.6. The van der Waals surface area contributed by atoms with Crippen molar-refractivity contribution in [3.63, 3.8) is 0 Å². The number of rotatable bonds is 5.